The molecule has 0 nitrogen and oxygen atoms in total. The van der Waals surface area contributed by atoms with Gasteiger partial charge in [-0.1, -0.05) is 18.9 Å². The molecule has 0 aliphatic heterocycles. The minimum Gasteiger partial charge on any atom is -0.207 e. The smallest absolute Gasteiger partial charge is 0.130 e. The van der Waals surface area contributed by atoms with Crippen molar-refractivity contribution in [3.63, 3.8) is 0 Å². The predicted octanol–water partition coefficient (Wildman–Crippen LogP) is 4.68. The first-order valence-corrected chi connectivity index (χ1v) is 6.71. The molecular formula is C14H15ClF2. The van der Waals surface area contributed by atoms with Crippen molar-refractivity contribution < 1.29 is 8.78 Å². The summed E-state index contributed by atoms with van der Waals surface area (Å²) in [5.41, 5.74) is 0.465. The van der Waals surface area contributed by atoms with Gasteiger partial charge >= 0.3 is 0 Å². The van der Waals surface area contributed by atoms with Gasteiger partial charge < -0.3 is 0 Å². The molecule has 0 spiro atoms. The second kappa shape index (κ2) is 4.24. The Labute approximate surface area is 105 Å². The summed E-state index contributed by atoms with van der Waals surface area (Å²) < 4.78 is 26.5. The van der Waals surface area contributed by atoms with Gasteiger partial charge in [0.05, 0.1) is 5.38 Å². The molecule has 3 unspecified atom stereocenters. The van der Waals surface area contributed by atoms with Crippen LogP contribution >= 0.6 is 11.6 Å². The van der Waals surface area contributed by atoms with Gasteiger partial charge in [-0.15, -0.1) is 11.6 Å². The van der Waals surface area contributed by atoms with Crippen LogP contribution in [0.5, 0.6) is 0 Å². The Morgan fingerprint density at radius 3 is 2.35 bits per heavy atom. The van der Waals surface area contributed by atoms with Gasteiger partial charge in [-0.25, -0.2) is 8.78 Å². The SMILES string of the molecule is Fc1ccc(C(Cl)C2C3CCCCC32)c(F)c1. The van der Waals surface area contributed by atoms with Crippen molar-refractivity contribution in [2.45, 2.75) is 31.1 Å². The molecule has 2 aliphatic carbocycles. The zero-order valence-corrected chi connectivity index (χ0v) is 10.3. The third-order valence-corrected chi connectivity index (χ3v) is 4.85. The van der Waals surface area contributed by atoms with Gasteiger partial charge in [-0.05, 0) is 36.7 Å². The molecule has 0 radical (unpaired) electrons. The Balaban J connectivity index is 1.80. The largest absolute Gasteiger partial charge is 0.207 e. The normalized spacial score (nSPS) is 33.0. The first-order chi connectivity index (χ1) is 8.18. The van der Waals surface area contributed by atoms with Crippen LogP contribution in [0.25, 0.3) is 0 Å². The second-order valence-electron chi connectivity index (χ2n) is 5.26. The summed E-state index contributed by atoms with van der Waals surface area (Å²) >= 11 is 6.37. The molecule has 92 valence electrons. The number of rotatable bonds is 2. The molecule has 0 N–H and O–H groups in total. The highest BCUT2D eigenvalue weighted by Gasteiger charge is 2.54. The predicted molar refractivity (Wildman–Crippen MR) is 63.9 cm³/mol. The molecule has 3 atom stereocenters. The summed E-state index contributed by atoms with van der Waals surface area (Å²) in [4.78, 5) is 0. The zero-order valence-electron chi connectivity index (χ0n) is 9.50. The van der Waals surface area contributed by atoms with Crippen molar-refractivity contribution in [1.82, 2.24) is 0 Å². The molecule has 3 rings (SSSR count). The molecule has 17 heavy (non-hydrogen) atoms. The number of halogens is 3. The number of alkyl halides is 1. The average molecular weight is 257 g/mol. The van der Waals surface area contributed by atoms with Gasteiger partial charge in [-0.2, -0.15) is 0 Å². The van der Waals surface area contributed by atoms with Crippen LogP contribution in [0.15, 0.2) is 18.2 Å². The monoisotopic (exact) mass is 256 g/mol. The zero-order chi connectivity index (χ0) is 12.0. The van der Waals surface area contributed by atoms with Crippen LogP contribution < -0.4 is 0 Å². The van der Waals surface area contributed by atoms with Crippen molar-refractivity contribution in [3.8, 4) is 0 Å². The molecule has 0 amide bonds. The van der Waals surface area contributed by atoms with Crippen molar-refractivity contribution in [2.75, 3.05) is 0 Å². The van der Waals surface area contributed by atoms with Crippen molar-refractivity contribution in [2.24, 2.45) is 17.8 Å². The Hall–Kier alpha value is -0.630. The summed E-state index contributed by atoms with van der Waals surface area (Å²) in [6, 6.07) is 3.71. The van der Waals surface area contributed by atoms with Crippen molar-refractivity contribution in [3.05, 3.63) is 35.4 Å². The van der Waals surface area contributed by atoms with E-state index in [0.717, 1.165) is 6.07 Å². The fourth-order valence-corrected chi connectivity index (χ4v) is 3.97. The van der Waals surface area contributed by atoms with Crippen LogP contribution in [0.4, 0.5) is 8.78 Å². The fraction of sp³-hybridized carbons (Fsp3) is 0.571. The first kappa shape index (κ1) is 11.5. The summed E-state index contributed by atoms with van der Waals surface area (Å²) in [6.07, 6.45) is 4.99. The van der Waals surface area contributed by atoms with E-state index in [9.17, 15) is 8.78 Å². The van der Waals surface area contributed by atoms with E-state index in [2.05, 4.69) is 0 Å². The molecule has 0 aromatic heterocycles. The van der Waals surface area contributed by atoms with Gasteiger partial charge in [0.25, 0.3) is 0 Å². The quantitative estimate of drug-likeness (QED) is 0.674. The molecule has 3 heteroatoms. The fourth-order valence-electron chi connectivity index (χ4n) is 3.41. The van der Waals surface area contributed by atoms with Crippen LogP contribution in [0.3, 0.4) is 0 Å². The van der Waals surface area contributed by atoms with Crippen LogP contribution in [-0.2, 0) is 0 Å². The maximum atomic E-state index is 13.6. The van der Waals surface area contributed by atoms with Gasteiger partial charge in [0.15, 0.2) is 0 Å². The molecule has 2 fully saturated rings. The lowest BCUT2D eigenvalue weighted by atomic mass is 10.0. The molecule has 0 heterocycles. The van der Waals surface area contributed by atoms with Gasteiger partial charge in [0, 0.05) is 11.6 Å². The minimum absolute atomic E-state index is 0.288. The van der Waals surface area contributed by atoms with Gasteiger partial charge in [0.1, 0.15) is 11.6 Å². The third kappa shape index (κ3) is 1.97. The Morgan fingerprint density at radius 2 is 1.76 bits per heavy atom. The standard InChI is InChI=1S/C14H15ClF2/c15-14(11-6-5-8(16)7-12(11)17)13-9-3-1-2-4-10(9)13/h5-7,9-10,13-14H,1-4H2. The number of hydrogen-bond acceptors (Lipinski definition) is 0. The second-order valence-corrected chi connectivity index (χ2v) is 5.73. The Kier molecular flexibility index (Phi) is 2.86. The van der Waals surface area contributed by atoms with E-state index >= 15 is 0 Å². The van der Waals surface area contributed by atoms with Crippen molar-refractivity contribution >= 4 is 11.6 Å². The topological polar surface area (TPSA) is 0 Å². The van der Waals surface area contributed by atoms with E-state index < -0.39 is 11.6 Å². The van der Waals surface area contributed by atoms with E-state index in [1.165, 1.54) is 37.8 Å². The lowest BCUT2D eigenvalue weighted by Crippen LogP contribution is -2.00. The average Bonchev–Trinajstić information content (AvgIpc) is 3.02. The highest BCUT2D eigenvalue weighted by molar-refractivity contribution is 6.21. The van der Waals surface area contributed by atoms with E-state index in [0.29, 0.717) is 23.3 Å². The lowest BCUT2D eigenvalue weighted by Gasteiger charge is -2.10. The minimum atomic E-state index is -0.539. The maximum absolute atomic E-state index is 13.6. The maximum Gasteiger partial charge on any atom is 0.130 e. The molecule has 1 aromatic rings. The van der Waals surface area contributed by atoms with Crippen LogP contribution in [0.1, 0.15) is 36.6 Å². The van der Waals surface area contributed by atoms with Crippen LogP contribution in [0.2, 0.25) is 0 Å². The van der Waals surface area contributed by atoms with Crippen molar-refractivity contribution in [1.29, 1.82) is 0 Å². The third-order valence-electron chi connectivity index (χ3n) is 4.32. The van der Waals surface area contributed by atoms with E-state index in [1.54, 1.807) is 0 Å². The summed E-state index contributed by atoms with van der Waals surface area (Å²) in [5, 5.41) is -0.288. The highest BCUT2D eigenvalue weighted by Crippen LogP contribution is 2.62. The van der Waals surface area contributed by atoms with Gasteiger partial charge in [-0.3, -0.25) is 0 Å². The Bertz CT molecular complexity index is 420. The number of hydrogen-bond donors (Lipinski definition) is 0. The highest BCUT2D eigenvalue weighted by atomic mass is 35.5. The van der Waals surface area contributed by atoms with Crippen LogP contribution in [0, 0.1) is 29.4 Å². The number of fused-ring (bicyclic) bond motifs is 1. The molecule has 2 aliphatic rings. The molecule has 0 saturated heterocycles. The van der Waals surface area contributed by atoms with Gasteiger partial charge in [0.2, 0.25) is 0 Å². The summed E-state index contributed by atoms with van der Waals surface area (Å²) in [7, 11) is 0. The molecule has 1 aromatic carbocycles. The van der Waals surface area contributed by atoms with Crippen LogP contribution in [-0.4, -0.2) is 0 Å². The van der Waals surface area contributed by atoms with E-state index in [4.69, 9.17) is 11.6 Å². The lowest BCUT2D eigenvalue weighted by molar-refractivity contribution is 0.480. The van der Waals surface area contributed by atoms with E-state index in [1.807, 2.05) is 0 Å². The first-order valence-electron chi connectivity index (χ1n) is 6.27. The summed E-state index contributed by atoms with van der Waals surface area (Å²) in [6.45, 7) is 0. The van der Waals surface area contributed by atoms with E-state index in [-0.39, 0.29) is 5.38 Å². The summed E-state index contributed by atoms with van der Waals surface area (Å²) in [5.74, 6) is 0.711. The Morgan fingerprint density at radius 1 is 1.12 bits per heavy atom. The number of benzene rings is 1. The molecule has 0 bridgehead atoms. The molecular weight excluding hydrogens is 242 g/mol. The molecule has 2 saturated carbocycles.